The van der Waals surface area contributed by atoms with Gasteiger partial charge in [-0.05, 0) is 25.4 Å². The predicted octanol–water partition coefficient (Wildman–Crippen LogP) is 3.47. The second-order valence-electron chi connectivity index (χ2n) is 4.42. The fourth-order valence-electron chi connectivity index (χ4n) is 1.51. The molecular weight excluding hydrogens is 351 g/mol. The molecule has 0 aliphatic heterocycles. The molecule has 21 heavy (non-hydrogen) atoms. The Bertz CT molecular complexity index is 221. The lowest BCUT2D eigenvalue weighted by Crippen LogP contribution is -2.42. The van der Waals surface area contributed by atoms with Crippen molar-refractivity contribution >= 4 is 40.6 Å². The Morgan fingerprint density at radius 2 is 1.05 bits per heavy atom. The summed E-state index contributed by atoms with van der Waals surface area (Å²) >= 11 is 11.1. The van der Waals surface area contributed by atoms with Crippen molar-refractivity contribution in [3.05, 3.63) is 0 Å². The molecule has 5 nitrogen and oxygen atoms in total. The topological polar surface area (TPSA) is 46.2 Å². The molecular formula is C12H30Cl2O5Si2. The quantitative estimate of drug-likeness (QED) is 0.405. The fourth-order valence-corrected chi connectivity index (χ4v) is 5.35. The van der Waals surface area contributed by atoms with Crippen LogP contribution in [0.4, 0.5) is 0 Å². The lowest BCUT2D eigenvalue weighted by Gasteiger charge is -2.23. The van der Waals surface area contributed by atoms with Crippen LogP contribution in [0.25, 0.3) is 0 Å². The number of alkyl halides is 2. The van der Waals surface area contributed by atoms with Gasteiger partial charge in [0.05, 0.1) is 0 Å². The number of hydrogen-bond acceptors (Lipinski definition) is 5. The summed E-state index contributed by atoms with van der Waals surface area (Å²) in [5.74, 6) is 1.31. The van der Waals surface area contributed by atoms with Gasteiger partial charge in [0.25, 0.3) is 0 Å². The van der Waals surface area contributed by atoms with E-state index in [9.17, 15) is 0 Å². The maximum absolute atomic E-state index is 5.53. The Kier molecular flexibility index (Phi) is 16.5. The van der Waals surface area contributed by atoms with Gasteiger partial charge in [0, 0.05) is 53.4 Å². The molecule has 0 aliphatic rings. The van der Waals surface area contributed by atoms with Gasteiger partial charge in [0.15, 0.2) is 0 Å². The number of hydrogen-bond donors (Lipinski definition) is 0. The average molecular weight is 381 g/mol. The molecule has 0 saturated carbocycles. The van der Waals surface area contributed by atoms with Gasteiger partial charge < -0.3 is 22.1 Å². The Morgan fingerprint density at radius 1 is 0.667 bits per heavy atom. The van der Waals surface area contributed by atoms with E-state index in [4.69, 9.17) is 45.3 Å². The minimum absolute atomic E-state index is 0.616. The van der Waals surface area contributed by atoms with Crippen molar-refractivity contribution in [1.29, 1.82) is 0 Å². The summed E-state index contributed by atoms with van der Waals surface area (Å²) in [4.78, 5) is 0. The van der Waals surface area contributed by atoms with E-state index in [0.29, 0.717) is 11.8 Å². The molecule has 0 atom stereocenters. The maximum atomic E-state index is 5.53. The first kappa shape index (κ1) is 24.1. The zero-order valence-electron chi connectivity index (χ0n) is 14.0. The van der Waals surface area contributed by atoms with Gasteiger partial charge in [-0.1, -0.05) is 0 Å². The van der Waals surface area contributed by atoms with Gasteiger partial charge in [0.2, 0.25) is 0 Å². The molecule has 0 N–H and O–H groups in total. The van der Waals surface area contributed by atoms with Crippen molar-refractivity contribution < 1.29 is 22.1 Å². The minimum Gasteiger partial charge on any atom is -0.398 e. The van der Waals surface area contributed by atoms with Crippen LogP contribution in [0.1, 0.15) is 12.8 Å². The molecule has 0 unspecified atom stereocenters. The third kappa shape index (κ3) is 11.1. The molecule has 0 rings (SSSR count). The van der Waals surface area contributed by atoms with Crippen molar-refractivity contribution in [3.8, 4) is 0 Å². The second-order valence-corrected chi connectivity index (χ2v) is 11.9. The minimum atomic E-state index is -2.32. The lowest BCUT2D eigenvalue weighted by atomic mass is 10.6. The largest absolute Gasteiger partial charge is 0.500 e. The van der Waals surface area contributed by atoms with Crippen molar-refractivity contribution in [3.63, 3.8) is 0 Å². The number of halogens is 2. The van der Waals surface area contributed by atoms with Gasteiger partial charge in [-0.25, -0.2) is 0 Å². The van der Waals surface area contributed by atoms with Crippen LogP contribution in [0, 0.1) is 0 Å². The summed E-state index contributed by atoms with van der Waals surface area (Å²) in [6, 6.07) is 1.75. The van der Waals surface area contributed by atoms with Crippen LogP contribution in [0.5, 0.6) is 0 Å². The molecule has 0 fully saturated rings. The second kappa shape index (κ2) is 14.4. The van der Waals surface area contributed by atoms with E-state index in [2.05, 4.69) is 0 Å². The molecule has 0 aromatic carbocycles. The summed E-state index contributed by atoms with van der Waals surface area (Å²) in [5.41, 5.74) is 0. The third-order valence-electron chi connectivity index (χ3n) is 3.18. The maximum Gasteiger partial charge on any atom is 0.500 e. The Morgan fingerprint density at radius 3 is 1.33 bits per heavy atom. The van der Waals surface area contributed by atoms with Crippen LogP contribution in [0.3, 0.4) is 0 Å². The SMILES string of the molecule is CO[Si](C)(CCCCl)OC.CO[Si](CCCCl)(OC)OC. The predicted molar refractivity (Wildman–Crippen MR) is 92.7 cm³/mol. The molecule has 9 heteroatoms. The van der Waals surface area contributed by atoms with E-state index < -0.39 is 17.4 Å². The standard InChI is InChI=1S/C6H15ClO3Si.C6H15ClO2Si/c1-8-11(9-2,10-3)6-4-5-7;1-8-10(3,9-2)6-4-5-7/h4-6H2,1-3H3;4-6H2,1-3H3. The highest BCUT2D eigenvalue weighted by molar-refractivity contribution is 6.66. The zero-order chi connectivity index (χ0) is 16.8. The summed E-state index contributed by atoms with van der Waals surface area (Å²) in [6.45, 7) is 2.04. The zero-order valence-corrected chi connectivity index (χ0v) is 17.6. The van der Waals surface area contributed by atoms with Gasteiger partial charge in [-0.2, -0.15) is 0 Å². The Hall–Kier alpha value is 0.814. The van der Waals surface area contributed by atoms with Crippen LogP contribution in [0.15, 0.2) is 0 Å². The first-order valence-corrected chi connectivity index (χ1v) is 12.3. The van der Waals surface area contributed by atoms with Crippen LogP contribution < -0.4 is 0 Å². The fraction of sp³-hybridized carbons (Fsp3) is 1.00. The van der Waals surface area contributed by atoms with Crippen LogP contribution >= 0.6 is 23.2 Å². The average Bonchev–Trinajstić information content (AvgIpc) is 2.55. The first-order valence-electron chi connectivity index (χ1n) is 6.80. The highest BCUT2D eigenvalue weighted by Crippen LogP contribution is 2.15. The monoisotopic (exact) mass is 380 g/mol. The van der Waals surface area contributed by atoms with Crippen LogP contribution in [-0.2, 0) is 22.1 Å². The van der Waals surface area contributed by atoms with Crippen molar-refractivity contribution in [2.75, 3.05) is 47.3 Å². The molecule has 0 saturated heterocycles. The van der Waals surface area contributed by atoms with Crippen molar-refractivity contribution in [2.24, 2.45) is 0 Å². The van der Waals surface area contributed by atoms with Gasteiger partial charge in [-0.15, -0.1) is 23.2 Å². The summed E-state index contributed by atoms with van der Waals surface area (Å²) < 4.78 is 26.0. The van der Waals surface area contributed by atoms with E-state index in [1.807, 2.05) is 6.55 Å². The van der Waals surface area contributed by atoms with Crippen LogP contribution in [-0.4, -0.2) is 64.7 Å². The molecule has 0 aromatic rings. The normalized spacial score (nSPS) is 12.0. The van der Waals surface area contributed by atoms with Crippen molar-refractivity contribution in [2.45, 2.75) is 31.5 Å². The van der Waals surface area contributed by atoms with Crippen LogP contribution in [0.2, 0.25) is 18.6 Å². The van der Waals surface area contributed by atoms with E-state index in [1.54, 1.807) is 35.5 Å². The highest BCUT2D eigenvalue weighted by atomic mass is 35.5. The highest BCUT2D eigenvalue weighted by Gasteiger charge is 2.36. The molecule has 0 heterocycles. The smallest absolute Gasteiger partial charge is 0.398 e. The molecule has 130 valence electrons. The summed E-state index contributed by atoms with van der Waals surface area (Å²) in [7, 11) is 4.09. The lowest BCUT2D eigenvalue weighted by molar-refractivity contribution is 0.123. The van der Waals surface area contributed by atoms with Gasteiger partial charge in [-0.3, -0.25) is 0 Å². The molecule has 0 radical (unpaired) electrons. The Labute approximate surface area is 141 Å². The van der Waals surface area contributed by atoms with Gasteiger partial charge >= 0.3 is 17.4 Å². The molecule has 0 spiro atoms. The van der Waals surface area contributed by atoms with E-state index >= 15 is 0 Å². The van der Waals surface area contributed by atoms with Crippen molar-refractivity contribution in [1.82, 2.24) is 0 Å². The van der Waals surface area contributed by atoms with Gasteiger partial charge in [0.1, 0.15) is 0 Å². The van der Waals surface area contributed by atoms with E-state index in [-0.39, 0.29) is 0 Å². The molecule has 0 amide bonds. The molecule has 0 bridgehead atoms. The summed E-state index contributed by atoms with van der Waals surface area (Å²) in [6.07, 6.45) is 1.84. The molecule has 0 aliphatic carbocycles. The first-order chi connectivity index (χ1) is 9.92. The number of rotatable bonds is 11. The third-order valence-corrected chi connectivity index (χ3v) is 9.53. The summed E-state index contributed by atoms with van der Waals surface area (Å²) in [5, 5.41) is 0. The van der Waals surface area contributed by atoms with E-state index in [1.165, 1.54) is 0 Å². The van der Waals surface area contributed by atoms with E-state index in [0.717, 1.165) is 24.9 Å². The molecule has 0 aromatic heterocycles. The Balaban J connectivity index is 0.